The van der Waals surface area contributed by atoms with Gasteiger partial charge in [-0.05, 0) is 38.8 Å². The maximum absolute atomic E-state index is 12.6. The summed E-state index contributed by atoms with van der Waals surface area (Å²) in [5.41, 5.74) is 0. The van der Waals surface area contributed by atoms with E-state index in [-0.39, 0.29) is 6.29 Å². The Morgan fingerprint density at radius 3 is 2.38 bits per heavy atom. The highest BCUT2D eigenvalue weighted by atomic mass is 32.2. The van der Waals surface area contributed by atoms with Gasteiger partial charge in [0.15, 0.2) is 16.1 Å². The van der Waals surface area contributed by atoms with Crippen molar-refractivity contribution in [3.05, 3.63) is 43.0 Å². The minimum atomic E-state index is -3.33. The van der Waals surface area contributed by atoms with Crippen LogP contribution in [0.25, 0.3) is 0 Å². The second kappa shape index (κ2) is 11.4. The Kier molecular flexibility index (Phi) is 9.91. The molecule has 2 unspecified atom stereocenters. The summed E-state index contributed by atoms with van der Waals surface area (Å²) in [6.45, 7) is 8.87. The monoisotopic (exact) mass is 354 g/mol. The van der Waals surface area contributed by atoms with E-state index < -0.39 is 15.1 Å². The van der Waals surface area contributed by atoms with Crippen LogP contribution in [0.3, 0.4) is 0 Å². The molecule has 2 atom stereocenters. The van der Waals surface area contributed by atoms with Gasteiger partial charge >= 0.3 is 0 Å². The minimum Gasteiger partial charge on any atom is -0.353 e. The first kappa shape index (κ1) is 20.9. The summed E-state index contributed by atoms with van der Waals surface area (Å²) in [5.74, 6) is 0. The molecule has 0 aliphatic carbocycles. The number of hydrogen-bond acceptors (Lipinski definition) is 4. The second-order valence-corrected chi connectivity index (χ2v) is 7.90. The Labute approximate surface area is 146 Å². The summed E-state index contributed by atoms with van der Waals surface area (Å²) >= 11 is 0. The van der Waals surface area contributed by atoms with Crippen molar-refractivity contribution in [2.75, 3.05) is 13.2 Å². The lowest BCUT2D eigenvalue weighted by Crippen LogP contribution is -2.19. The first-order chi connectivity index (χ1) is 11.5. The van der Waals surface area contributed by atoms with Gasteiger partial charge in [0.05, 0.1) is 10.1 Å². The number of benzene rings is 1. The molecule has 0 bridgehead atoms. The van der Waals surface area contributed by atoms with E-state index in [1.807, 2.05) is 19.9 Å². The molecule has 0 N–H and O–H groups in total. The molecule has 5 heteroatoms. The molecule has 1 aromatic rings. The number of ether oxygens (including phenoxy) is 2. The van der Waals surface area contributed by atoms with E-state index in [2.05, 4.69) is 6.58 Å². The molecule has 0 aliphatic heterocycles. The van der Waals surface area contributed by atoms with E-state index in [1.54, 1.807) is 30.3 Å². The van der Waals surface area contributed by atoms with E-state index in [0.717, 1.165) is 25.7 Å². The van der Waals surface area contributed by atoms with Crippen molar-refractivity contribution in [2.24, 2.45) is 0 Å². The molecule has 0 aliphatic rings. The van der Waals surface area contributed by atoms with Crippen LogP contribution in [0, 0.1) is 0 Å². The zero-order valence-corrected chi connectivity index (χ0v) is 15.6. The van der Waals surface area contributed by atoms with Gasteiger partial charge in [-0.25, -0.2) is 8.42 Å². The predicted molar refractivity (Wildman–Crippen MR) is 97.7 cm³/mol. The van der Waals surface area contributed by atoms with Gasteiger partial charge < -0.3 is 9.47 Å². The van der Waals surface area contributed by atoms with Gasteiger partial charge in [0.25, 0.3) is 0 Å². The van der Waals surface area contributed by atoms with E-state index >= 15 is 0 Å². The van der Waals surface area contributed by atoms with Crippen LogP contribution in [0.1, 0.15) is 46.0 Å². The van der Waals surface area contributed by atoms with Crippen molar-refractivity contribution >= 4 is 9.84 Å². The zero-order chi connectivity index (χ0) is 17.8. The lowest BCUT2D eigenvalue weighted by Gasteiger charge is -2.14. The third kappa shape index (κ3) is 7.16. The molecule has 136 valence electrons. The Morgan fingerprint density at radius 1 is 1.08 bits per heavy atom. The van der Waals surface area contributed by atoms with Crippen molar-refractivity contribution in [3.63, 3.8) is 0 Å². The SMILES string of the molecule is C=CC(CCCCCCOC(C)OCC)S(=O)(=O)c1ccccc1. The molecule has 1 aromatic carbocycles. The molecule has 0 saturated carbocycles. The molecule has 0 saturated heterocycles. The fourth-order valence-corrected chi connectivity index (χ4v) is 4.13. The van der Waals surface area contributed by atoms with Crippen LogP contribution in [0.5, 0.6) is 0 Å². The number of hydrogen-bond donors (Lipinski definition) is 0. The normalized spacial score (nSPS) is 14.2. The third-order valence-electron chi connectivity index (χ3n) is 3.87. The Hall–Kier alpha value is -1.17. The summed E-state index contributed by atoms with van der Waals surface area (Å²) in [5, 5.41) is -0.519. The van der Waals surface area contributed by atoms with Crippen LogP contribution >= 0.6 is 0 Å². The van der Waals surface area contributed by atoms with Crippen molar-refractivity contribution in [3.8, 4) is 0 Å². The quantitative estimate of drug-likeness (QED) is 0.300. The van der Waals surface area contributed by atoms with Gasteiger partial charge in [-0.15, -0.1) is 6.58 Å². The standard InChI is InChI=1S/C19H30O4S/c1-4-18(24(20,21)19-14-10-8-11-15-19)13-9-6-7-12-16-23-17(3)22-5-2/h4,8,10-11,14-15,17-18H,1,5-7,9,12-13,16H2,2-3H3. The first-order valence-electron chi connectivity index (χ1n) is 8.67. The maximum atomic E-state index is 12.6. The minimum absolute atomic E-state index is 0.156. The van der Waals surface area contributed by atoms with E-state index in [0.29, 0.717) is 24.5 Å². The number of rotatable bonds is 13. The fraction of sp³-hybridized carbons (Fsp3) is 0.579. The van der Waals surface area contributed by atoms with E-state index in [4.69, 9.17) is 9.47 Å². The molecular weight excluding hydrogens is 324 g/mol. The summed E-state index contributed by atoms with van der Waals surface area (Å²) < 4.78 is 35.9. The first-order valence-corrected chi connectivity index (χ1v) is 10.2. The van der Waals surface area contributed by atoms with E-state index in [9.17, 15) is 8.42 Å². The van der Waals surface area contributed by atoms with Gasteiger partial charge in [-0.1, -0.05) is 43.5 Å². The van der Waals surface area contributed by atoms with Crippen molar-refractivity contribution < 1.29 is 17.9 Å². The Bertz CT molecular complexity index is 554. The van der Waals surface area contributed by atoms with Gasteiger partial charge in [-0.3, -0.25) is 0 Å². The molecule has 0 aromatic heterocycles. The summed E-state index contributed by atoms with van der Waals surface area (Å²) in [4.78, 5) is 0.369. The Morgan fingerprint density at radius 2 is 1.75 bits per heavy atom. The molecule has 4 nitrogen and oxygen atoms in total. The zero-order valence-electron chi connectivity index (χ0n) is 14.8. The maximum Gasteiger partial charge on any atom is 0.184 e. The van der Waals surface area contributed by atoms with Gasteiger partial charge in [-0.2, -0.15) is 0 Å². The summed E-state index contributed by atoms with van der Waals surface area (Å²) in [6.07, 6.45) is 5.84. The van der Waals surface area contributed by atoms with Crippen molar-refractivity contribution in [2.45, 2.75) is 62.4 Å². The molecule has 0 radical (unpaired) electrons. The highest BCUT2D eigenvalue weighted by Crippen LogP contribution is 2.21. The Balaban J connectivity index is 2.29. The largest absolute Gasteiger partial charge is 0.353 e. The third-order valence-corrected chi connectivity index (χ3v) is 6.02. The van der Waals surface area contributed by atoms with Crippen LogP contribution in [-0.4, -0.2) is 33.2 Å². The van der Waals surface area contributed by atoms with Crippen molar-refractivity contribution in [1.29, 1.82) is 0 Å². The summed E-state index contributed by atoms with van der Waals surface area (Å²) in [7, 11) is -3.33. The lowest BCUT2D eigenvalue weighted by molar-refractivity contribution is -0.127. The van der Waals surface area contributed by atoms with Crippen LogP contribution in [-0.2, 0) is 19.3 Å². The van der Waals surface area contributed by atoms with Crippen LogP contribution in [0.15, 0.2) is 47.9 Å². The molecule has 0 fully saturated rings. The van der Waals surface area contributed by atoms with Gasteiger partial charge in [0.2, 0.25) is 0 Å². The molecular formula is C19H30O4S. The molecule has 24 heavy (non-hydrogen) atoms. The predicted octanol–water partition coefficient (Wildman–Crippen LogP) is 4.36. The average Bonchev–Trinajstić information content (AvgIpc) is 2.58. The number of unbranched alkanes of at least 4 members (excludes halogenated alkanes) is 3. The molecule has 0 heterocycles. The topological polar surface area (TPSA) is 52.6 Å². The van der Waals surface area contributed by atoms with Crippen LogP contribution in [0.2, 0.25) is 0 Å². The number of sulfone groups is 1. The van der Waals surface area contributed by atoms with Crippen LogP contribution in [0.4, 0.5) is 0 Å². The van der Waals surface area contributed by atoms with E-state index in [1.165, 1.54) is 0 Å². The average molecular weight is 355 g/mol. The highest BCUT2D eigenvalue weighted by Gasteiger charge is 2.23. The van der Waals surface area contributed by atoms with Crippen molar-refractivity contribution in [1.82, 2.24) is 0 Å². The van der Waals surface area contributed by atoms with Gasteiger partial charge in [0, 0.05) is 13.2 Å². The fourth-order valence-electron chi connectivity index (χ4n) is 2.52. The van der Waals surface area contributed by atoms with Crippen LogP contribution < -0.4 is 0 Å². The molecule has 0 spiro atoms. The highest BCUT2D eigenvalue weighted by molar-refractivity contribution is 7.92. The smallest absolute Gasteiger partial charge is 0.184 e. The van der Waals surface area contributed by atoms with Gasteiger partial charge in [0.1, 0.15) is 0 Å². The second-order valence-electron chi connectivity index (χ2n) is 5.73. The summed E-state index contributed by atoms with van der Waals surface area (Å²) in [6, 6.07) is 8.59. The molecule has 0 amide bonds. The lowest BCUT2D eigenvalue weighted by atomic mass is 10.1. The molecule has 1 rings (SSSR count).